The molecule has 0 spiro atoms. The van der Waals surface area contributed by atoms with Crippen LogP contribution < -0.4 is 0 Å². The molecule has 0 aliphatic carbocycles. The van der Waals surface area contributed by atoms with Crippen molar-refractivity contribution in [2.24, 2.45) is 9.98 Å². The first kappa shape index (κ1) is 10.8. The highest BCUT2D eigenvalue weighted by atomic mass is 16.1. The molecule has 4 heteroatoms. The Morgan fingerprint density at radius 1 is 1.27 bits per heavy atom. The quantitative estimate of drug-likeness (QED) is 0.425. The molecule has 0 aliphatic rings. The van der Waals surface area contributed by atoms with E-state index in [9.17, 15) is 9.59 Å². The van der Waals surface area contributed by atoms with Crippen molar-refractivity contribution in [3.8, 4) is 0 Å². The normalized spacial score (nSPS) is 8.53. The highest BCUT2D eigenvalue weighted by Gasteiger charge is 2.05. The van der Waals surface area contributed by atoms with E-state index in [1.54, 1.807) is 24.3 Å². The summed E-state index contributed by atoms with van der Waals surface area (Å²) in [5.74, 6) is 0. The van der Waals surface area contributed by atoms with Crippen LogP contribution >= 0.6 is 0 Å². The van der Waals surface area contributed by atoms with Gasteiger partial charge in [0.1, 0.15) is 11.4 Å². The Morgan fingerprint density at radius 3 is 2.60 bits per heavy atom. The number of aliphatic imine (C=N–C) groups is 2. The van der Waals surface area contributed by atoms with Gasteiger partial charge in [0, 0.05) is 0 Å². The molecule has 0 aromatic heterocycles. The molecule has 0 unspecified atom stereocenters. The number of hydrogen-bond acceptors (Lipinski definition) is 4. The summed E-state index contributed by atoms with van der Waals surface area (Å²) in [6.45, 7) is 3.58. The van der Waals surface area contributed by atoms with E-state index in [1.807, 2.05) is 0 Å². The van der Waals surface area contributed by atoms with Gasteiger partial charge in [0.2, 0.25) is 12.2 Å². The lowest BCUT2D eigenvalue weighted by Crippen LogP contribution is -1.82. The monoisotopic (exact) mass is 200 g/mol. The third kappa shape index (κ3) is 2.58. The van der Waals surface area contributed by atoms with Crippen molar-refractivity contribution in [2.75, 3.05) is 0 Å². The van der Waals surface area contributed by atoms with Crippen molar-refractivity contribution >= 4 is 23.5 Å². The topological polar surface area (TPSA) is 58.9 Å². The fraction of sp³-hybridized carbons (Fsp3) is 0.0909. The Bertz CT molecular complexity index is 467. The Labute approximate surface area is 86.7 Å². The molecule has 4 nitrogen and oxygen atoms in total. The van der Waals surface area contributed by atoms with E-state index < -0.39 is 0 Å². The van der Waals surface area contributed by atoms with E-state index in [4.69, 9.17) is 0 Å². The van der Waals surface area contributed by atoms with Crippen LogP contribution in [-0.4, -0.2) is 12.2 Å². The summed E-state index contributed by atoms with van der Waals surface area (Å²) in [4.78, 5) is 27.4. The average molecular weight is 200 g/mol. The summed E-state index contributed by atoms with van der Waals surface area (Å²) in [6.07, 6.45) is 5.06. The molecule has 0 saturated carbocycles. The van der Waals surface area contributed by atoms with Crippen LogP contribution in [-0.2, 0) is 16.0 Å². The van der Waals surface area contributed by atoms with Gasteiger partial charge in [-0.3, -0.25) is 0 Å². The van der Waals surface area contributed by atoms with E-state index in [0.29, 0.717) is 17.8 Å². The molecule has 0 fully saturated rings. The van der Waals surface area contributed by atoms with Crippen molar-refractivity contribution in [1.29, 1.82) is 0 Å². The van der Waals surface area contributed by atoms with E-state index in [1.165, 1.54) is 12.2 Å². The molecule has 0 atom stereocenters. The van der Waals surface area contributed by atoms with E-state index in [2.05, 4.69) is 16.6 Å². The van der Waals surface area contributed by atoms with Gasteiger partial charge < -0.3 is 0 Å². The van der Waals surface area contributed by atoms with Crippen LogP contribution in [0.2, 0.25) is 0 Å². The van der Waals surface area contributed by atoms with Gasteiger partial charge >= 0.3 is 0 Å². The first-order valence-electron chi connectivity index (χ1n) is 4.22. The standard InChI is InChI=1S/C11H8N2O2/c1-2-4-9-5-3-6-10(12-7-14)11(9)13-8-15/h2-3,5-6H,1,4H2. The summed E-state index contributed by atoms with van der Waals surface area (Å²) < 4.78 is 0. The molecule has 1 aromatic carbocycles. The molecule has 0 amide bonds. The zero-order chi connectivity index (χ0) is 11.1. The van der Waals surface area contributed by atoms with Gasteiger partial charge in [-0.15, -0.1) is 6.58 Å². The molecular formula is C11H8N2O2. The Hall–Kier alpha value is -2.28. The molecule has 1 rings (SSSR count). The van der Waals surface area contributed by atoms with E-state index in [0.717, 1.165) is 5.56 Å². The van der Waals surface area contributed by atoms with Gasteiger partial charge in [-0.05, 0) is 18.1 Å². The fourth-order valence-electron chi connectivity index (χ4n) is 1.21. The number of rotatable bonds is 4. The average Bonchev–Trinajstić information content (AvgIpc) is 2.23. The number of allylic oxidation sites excluding steroid dienone is 1. The van der Waals surface area contributed by atoms with Crippen LogP contribution in [0.3, 0.4) is 0 Å². The van der Waals surface area contributed by atoms with Crippen molar-refractivity contribution in [1.82, 2.24) is 0 Å². The maximum Gasteiger partial charge on any atom is 0.240 e. The molecule has 15 heavy (non-hydrogen) atoms. The second-order valence-corrected chi connectivity index (χ2v) is 2.68. The second kappa shape index (κ2) is 5.45. The first-order valence-corrected chi connectivity index (χ1v) is 4.22. The summed E-state index contributed by atoms with van der Waals surface area (Å²) >= 11 is 0. The minimum Gasteiger partial charge on any atom is -0.211 e. The Balaban J connectivity index is 3.39. The minimum atomic E-state index is 0.313. The van der Waals surface area contributed by atoms with Crippen molar-refractivity contribution in [3.05, 3.63) is 36.4 Å². The molecule has 0 bridgehead atoms. The van der Waals surface area contributed by atoms with Crippen LogP contribution in [0.4, 0.5) is 11.4 Å². The maximum absolute atomic E-state index is 10.2. The van der Waals surface area contributed by atoms with Crippen molar-refractivity contribution in [2.45, 2.75) is 6.42 Å². The number of carbonyl (C=O) groups excluding carboxylic acids is 2. The molecule has 0 N–H and O–H groups in total. The summed E-state index contributed by atoms with van der Waals surface area (Å²) in [5, 5.41) is 0. The molecule has 1 aromatic rings. The minimum absolute atomic E-state index is 0.313. The third-order valence-corrected chi connectivity index (χ3v) is 1.79. The largest absolute Gasteiger partial charge is 0.240 e. The van der Waals surface area contributed by atoms with Crippen molar-refractivity contribution < 1.29 is 9.59 Å². The Morgan fingerprint density at radius 2 is 2.00 bits per heavy atom. The number of benzene rings is 1. The van der Waals surface area contributed by atoms with Crippen LogP contribution in [0.25, 0.3) is 0 Å². The summed E-state index contributed by atoms with van der Waals surface area (Å²) in [6, 6.07) is 5.08. The SMILES string of the molecule is C=CCc1cccc(N=C=O)c1N=C=O. The summed E-state index contributed by atoms with van der Waals surface area (Å²) in [7, 11) is 0. The lowest BCUT2D eigenvalue weighted by Gasteiger charge is -2.02. The highest BCUT2D eigenvalue weighted by Crippen LogP contribution is 2.31. The number of hydrogen-bond donors (Lipinski definition) is 0. The number of para-hydroxylation sites is 1. The van der Waals surface area contributed by atoms with E-state index >= 15 is 0 Å². The van der Waals surface area contributed by atoms with Gasteiger partial charge in [0.25, 0.3) is 0 Å². The van der Waals surface area contributed by atoms with Gasteiger partial charge in [0.05, 0.1) is 0 Å². The number of isocyanates is 2. The molecule has 74 valence electrons. The van der Waals surface area contributed by atoms with Gasteiger partial charge in [0.15, 0.2) is 0 Å². The Kier molecular flexibility index (Phi) is 3.92. The molecule has 0 aliphatic heterocycles. The number of nitrogens with zero attached hydrogens (tertiary/aromatic N) is 2. The zero-order valence-corrected chi connectivity index (χ0v) is 7.93. The van der Waals surface area contributed by atoms with Crippen LogP contribution in [0.1, 0.15) is 5.56 Å². The molecule has 0 heterocycles. The smallest absolute Gasteiger partial charge is 0.211 e. The second-order valence-electron chi connectivity index (χ2n) is 2.68. The lowest BCUT2D eigenvalue weighted by atomic mass is 10.1. The summed E-state index contributed by atoms with van der Waals surface area (Å²) in [5.41, 5.74) is 1.42. The van der Waals surface area contributed by atoms with E-state index in [-0.39, 0.29) is 0 Å². The lowest BCUT2D eigenvalue weighted by molar-refractivity contribution is 0.564. The predicted molar refractivity (Wildman–Crippen MR) is 55.9 cm³/mol. The van der Waals surface area contributed by atoms with Crippen LogP contribution in [0.5, 0.6) is 0 Å². The van der Waals surface area contributed by atoms with Crippen LogP contribution in [0.15, 0.2) is 40.8 Å². The van der Waals surface area contributed by atoms with Gasteiger partial charge in [-0.25, -0.2) is 9.59 Å². The molecule has 0 saturated heterocycles. The molecular weight excluding hydrogens is 192 g/mol. The molecule has 0 radical (unpaired) electrons. The predicted octanol–water partition coefficient (Wildman–Crippen LogP) is 2.35. The fourth-order valence-corrected chi connectivity index (χ4v) is 1.21. The van der Waals surface area contributed by atoms with Crippen LogP contribution in [0, 0.1) is 0 Å². The zero-order valence-electron chi connectivity index (χ0n) is 7.93. The third-order valence-electron chi connectivity index (χ3n) is 1.79. The highest BCUT2D eigenvalue weighted by molar-refractivity contribution is 5.71. The van der Waals surface area contributed by atoms with Gasteiger partial charge in [-0.2, -0.15) is 9.98 Å². The van der Waals surface area contributed by atoms with Gasteiger partial charge in [-0.1, -0.05) is 18.2 Å². The first-order chi connectivity index (χ1) is 7.33. The maximum atomic E-state index is 10.2. The van der Waals surface area contributed by atoms with Crippen molar-refractivity contribution in [3.63, 3.8) is 0 Å².